The number of benzene rings is 1. The number of rotatable bonds is 4. The largest absolute Gasteiger partial charge is 0.439 e. The standard InChI is InChI=1S/C10H9Cl2N5O2/c11-6-2-1-3-7(12)9(6)8(19-10(13)18)4-17-5-14-15-16-17/h1-3,5,8H,4H2,(H2,13,18)/t8-/m0/s1. The van der Waals surface area contributed by atoms with Crippen LogP contribution in [0.15, 0.2) is 24.5 Å². The average Bonchev–Trinajstić information content (AvgIpc) is 2.80. The van der Waals surface area contributed by atoms with Gasteiger partial charge in [-0.3, -0.25) is 0 Å². The number of hydrogen-bond acceptors (Lipinski definition) is 5. The number of carbonyl (C=O) groups is 1. The third-order valence-electron chi connectivity index (χ3n) is 2.32. The maximum Gasteiger partial charge on any atom is 0.405 e. The number of nitrogens with zero attached hydrogens (tertiary/aromatic N) is 4. The Morgan fingerprint density at radius 3 is 2.63 bits per heavy atom. The number of aromatic nitrogens is 4. The smallest absolute Gasteiger partial charge is 0.405 e. The molecular formula is C10H9Cl2N5O2. The Morgan fingerprint density at radius 2 is 2.11 bits per heavy atom. The molecular weight excluding hydrogens is 293 g/mol. The first-order valence-electron chi connectivity index (χ1n) is 5.18. The molecule has 2 rings (SSSR count). The summed E-state index contributed by atoms with van der Waals surface area (Å²) in [4.78, 5) is 11.0. The minimum atomic E-state index is -0.936. The summed E-state index contributed by atoms with van der Waals surface area (Å²) in [5.74, 6) is 0. The summed E-state index contributed by atoms with van der Waals surface area (Å²) in [7, 11) is 0. The first kappa shape index (κ1) is 13.6. The maximum absolute atomic E-state index is 11.0. The Morgan fingerprint density at radius 1 is 1.42 bits per heavy atom. The van der Waals surface area contributed by atoms with Gasteiger partial charge in [0, 0.05) is 15.6 Å². The molecule has 1 atom stereocenters. The van der Waals surface area contributed by atoms with Crippen LogP contribution in [0.4, 0.5) is 4.79 Å². The number of primary amides is 1. The molecule has 0 aliphatic heterocycles. The van der Waals surface area contributed by atoms with Crippen LogP contribution in [-0.4, -0.2) is 26.3 Å². The van der Waals surface area contributed by atoms with Crippen LogP contribution in [0.2, 0.25) is 10.0 Å². The lowest BCUT2D eigenvalue weighted by molar-refractivity contribution is 0.0931. The van der Waals surface area contributed by atoms with Gasteiger partial charge >= 0.3 is 6.09 Å². The molecule has 7 nitrogen and oxygen atoms in total. The molecule has 1 aromatic heterocycles. The molecule has 0 aliphatic rings. The van der Waals surface area contributed by atoms with Crippen LogP contribution in [-0.2, 0) is 11.3 Å². The van der Waals surface area contributed by atoms with Gasteiger partial charge in [0.15, 0.2) is 6.10 Å². The second-order valence-electron chi connectivity index (χ2n) is 3.59. The van der Waals surface area contributed by atoms with E-state index in [-0.39, 0.29) is 6.54 Å². The van der Waals surface area contributed by atoms with Crippen molar-refractivity contribution in [2.75, 3.05) is 0 Å². The van der Waals surface area contributed by atoms with Crippen LogP contribution in [0.25, 0.3) is 0 Å². The Bertz CT molecular complexity index is 555. The number of carbonyl (C=O) groups excluding carboxylic acids is 1. The van der Waals surface area contributed by atoms with Crippen molar-refractivity contribution in [3.8, 4) is 0 Å². The van der Waals surface area contributed by atoms with Gasteiger partial charge in [0.2, 0.25) is 0 Å². The van der Waals surface area contributed by atoms with E-state index < -0.39 is 12.2 Å². The zero-order valence-electron chi connectivity index (χ0n) is 9.53. The van der Waals surface area contributed by atoms with Crippen LogP contribution < -0.4 is 5.73 Å². The van der Waals surface area contributed by atoms with Crippen LogP contribution >= 0.6 is 23.2 Å². The molecule has 1 heterocycles. The second kappa shape index (κ2) is 5.85. The molecule has 0 saturated heterocycles. The van der Waals surface area contributed by atoms with Crippen LogP contribution in [0.3, 0.4) is 0 Å². The number of halogens is 2. The molecule has 1 amide bonds. The molecule has 2 aromatic rings. The van der Waals surface area contributed by atoms with E-state index in [2.05, 4.69) is 15.5 Å². The number of amides is 1. The fourth-order valence-electron chi connectivity index (χ4n) is 1.58. The molecule has 2 N–H and O–H groups in total. The molecule has 100 valence electrons. The normalized spacial score (nSPS) is 12.1. The van der Waals surface area contributed by atoms with Crippen molar-refractivity contribution in [2.45, 2.75) is 12.6 Å². The van der Waals surface area contributed by atoms with E-state index in [1.54, 1.807) is 18.2 Å². The molecule has 1 aromatic carbocycles. The van der Waals surface area contributed by atoms with E-state index in [1.165, 1.54) is 11.0 Å². The number of hydrogen-bond donors (Lipinski definition) is 1. The Kier molecular flexibility index (Phi) is 4.18. The summed E-state index contributed by atoms with van der Waals surface area (Å²) in [6.07, 6.45) is -0.335. The molecule has 0 fully saturated rings. The van der Waals surface area contributed by atoms with E-state index in [0.29, 0.717) is 15.6 Å². The summed E-state index contributed by atoms with van der Waals surface area (Å²) in [6, 6.07) is 4.96. The van der Waals surface area contributed by atoms with Crippen molar-refractivity contribution in [2.24, 2.45) is 5.73 Å². The van der Waals surface area contributed by atoms with E-state index in [4.69, 9.17) is 33.7 Å². The van der Waals surface area contributed by atoms with Crippen molar-refractivity contribution < 1.29 is 9.53 Å². The highest BCUT2D eigenvalue weighted by Crippen LogP contribution is 2.33. The number of nitrogens with two attached hydrogens (primary N) is 1. The quantitative estimate of drug-likeness (QED) is 0.929. The van der Waals surface area contributed by atoms with Crippen molar-refractivity contribution in [3.63, 3.8) is 0 Å². The molecule has 19 heavy (non-hydrogen) atoms. The fraction of sp³-hybridized carbons (Fsp3) is 0.200. The van der Waals surface area contributed by atoms with Crippen LogP contribution in [0.5, 0.6) is 0 Å². The highest BCUT2D eigenvalue weighted by Gasteiger charge is 2.22. The Balaban J connectivity index is 2.34. The van der Waals surface area contributed by atoms with Crippen molar-refractivity contribution in [1.82, 2.24) is 20.2 Å². The summed E-state index contributed by atoms with van der Waals surface area (Å²) < 4.78 is 6.41. The van der Waals surface area contributed by atoms with Crippen molar-refractivity contribution >= 4 is 29.3 Å². The molecule has 0 saturated carbocycles. The highest BCUT2D eigenvalue weighted by molar-refractivity contribution is 6.36. The van der Waals surface area contributed by atoms with Gasteiger partial charge in [-0.1, -0.05) is 29.3 Å². The van der Waals surface area contributed by atoms with Gasteiger partial charge < -0.3 is 10.5 Å². The Hall–Kier alpha value is -1.86. The number of ether oxygens (including phenoxy) is 1. The molecule has 0 unspecified atom stereocenters. The third kappa shape index (κ3) is 3.33. The SMILES string of the molecule is NC(=O)O[C@@H](Cn1cnnn1)c1c(Cl)cccc1Cl. The molecule has 0 spiro atoms. The van der Waals surface area contributed by atoms with Crippen LogP contribution in [0, 0.1) is 0 Å². The van der Waals surface area contributed by atoms with Gasteiger partial charge in [0.25, 0.3) is 0 Å². The third-order valence-corrected chi connectivity index (χ3v) is 2.98. The van der Waals surface area contributed by atoms with Gasteiger partial charge in [-0.2, -0.15) is 0 Å². The van der Waals surface area contributed by atoms with Crippen molar-refractivity contribution in [3.05, 3.63) is 40.1 Å². The predicted molar refractivity (Wildman–Crippen MR) is 67.7 cm³/mol. The monoisotopic (exact) mass is 301 g/mol. The molecule has 0 aliphatic carbocycles. The van der Waals surface area contributed by atoms with Gasteiger partial charge in [-0.15, -0.1) is 5.10 Å². The van der Waals surface area contributed by atoms with Gasteiger partial charge in [0.1, 0.15) is 6.33 Å². The summed E-state index contributed by atoms with van der Waals surface area (Å²) in [5.41, 5.74) is 5.51. The second-order valence-corrected chi connectivity index (χ2v) is 4.41. The summed E-state index contributed by atoms with van der Waals surface area (Å²) >= 11 is 12.1. The summed E-state index contributed by atoms with van der Waals surface area (Å²) in [6.45, 7) is 0.152. The highest BCUT2D eigenvalue weighted by atomic mass is 35.5. The lowest BCUT2D eigenvalue weighted by atomic mass is 10.1. The average molecular weight is 302 g/mol. The minimum Gasteiger partial charge on any atom is -0.439 e. The number of tetrazole rings is 1. The molecule has 0 radical (unpaired) electrons. The zero-order chi connectivity index (χ0) is 13.8. The first-order chi connectivity index (χ1) is 9.08. The minimum absolute atomic E-state index is 0.152. The maximum atomic E-state index is 11.0. The van der Waals surface area contributed by atoms with Crippen molar-refractivity contribution in [1.29, 1.82) is 0 Å². The zero-order valence-corrected chi connectivity index (χ0v) is 11.0. The topological polar surface area (TPSA) is 95.9 Å². The predicted octanol–water partition coefficient (Wildman–Crippen LogP) is 1.82. The van der Waals surface area contributed by atoms with Gasteiger partial charge in [-0.05, 0) is 22.6 Å². The van der Waals surface area contributed by atoms with Crippen LogP contribution in [0.1, 0.15) is 11.7 Å². The van der Waals surface area contributed by atoms with E-state index >= 15 is 0 Å². The lowest BCUT2D eigenvalue weighted by Gasteiger charge is -2.18. The van der Waals surface area contributed by atoms with E-state index in [0.717, 1.165) is 0 Å². The van der Waals surface area contributed by atoms with Gasteiger partial charge in [0.05, 0.1) is 6.54 Å². The van der Waals surface area contributed by atoms with E-state index in [1.807, 2.05) is 0 Å². The molecule has 0 bridgehead atoms. The Labute approximate surface area is 118 Å². The lowest BCUT2D eigenvalue weighted by Crippen LogP contribution is -2.22. The molecule has 9 heteroatoms. The fourth-order valence-corrected chi connectivity index (χ4v) is 2.22. The van der Waals surface area contributed by atoms with E-state index in [9.17, 15) is 4.79 Å². The van der Waals surface area contributed by atoms with Gasteiger partial charge in [-0.25, -0.2) is 9.48 Å². The summed E-state index contributed by atoms with van der Waals surface area (Å²) in [5, 5.41) is 11.4. The first-order valence-corrected chi connectivity index (χ1v) is 5.94.